The normalized spacial score (nSPS) is 22.5. The number of carbonyl (C=O) groups excluding carboxylic acids is 1. The van der Waals surface area contributed by atoms with Gasteiger partial charge < -0.3 is 39.0 Å². The minimum atomic E-state index is -1.50. The van der Waals surface area contributed by atoms with Crippen LogP contribution in [0.1, 0.15) is 47.4 Å². The maximum Gasteiger partial charge on any atom is 0.341 e. The number of rotatable bonds is 9. The van der Waals surface area contributed by atoms with Crippen LogP contribution >= 0.6 is 0 Å². The summed E-state index contributed by atoms with van der Waals surface area (Å²) in [5, 5.41) is 30.3. The third-order valence-corrected chi connectivity index (χ3v) is 9.39. The molecule has 2 aromatic carbocycles. The summed E-state index contributed by atoms with van der Waals surface area (Å²) in [6.07, 6.45) is 5.44. The number of aromatic nitrogens is 1. The number of benzene rings is 2. The van der Waals surface area contributed by atoms with Crippen LogP contribution in [0.3, 0.4) is 0 Å². The number of carboxylic acid groups (broad SMARTS) is 1. The molecule has 3 heterocycles. The fraction of sp³-hybridized carbons (Fsp3) is 0.400. The lowest BCUT2D eigenvalue weighted by Crippen LogP contribution is -2.53. The number of nitrogens with zero attached hydrogens (tertiary/aromatic N) is 3. The number of ketones is 1. The summed E-state index contributed by atoms with van der Waals surface area (Å²) in [4.78, 5) is 40.9. The average molecular weight is 682 g/mol. The monoisotopic (exact) mass is 681 g/mol. The Hall–Kier alpha value is -4.79. The summed E-state index contributed by atoms with van der Waals surface area (Å²) in [5.41, 5.74) is -1.19. The molecule has 0 spiro atoms. The van der Waals surface area contributed by atoms with Crippen molar-refractivity contribution in [2.24, 2.45) is 0 Å². The molecule has 3 atom stereocenters. The minimum absolute atomic E-state index is 0.0129. The molecule has 3 aliphatic rings. The molecule has 0 bridgehead atoms. The molecular weight excluding hydrogens is 644 g/mol. The summed E-state index contributed by atoms with van der Waals surface area (Å²) in [6.45, 7) is 5.37. The van der Waals surface area contributed by atoms with Crippen molar-refractivity contribution in [1.29, 1.82) is 0 Å². The molecule has 2 aliphatic heterocycles. The zero-order chi connectivity index (χ0) is 35.2. The van der Waals surface area contributed by atoms with Crippen LogP contribution in [0, 0.1) is 11.6 Å². The molecule has 0 saturated carbocycles. The molecule has 3 N–H and O–H groups in total. The standard InChI is InChI=1S/C35H37F2N3O9/c1-4-38-18-23(34(44)45)33(43)22-14-24(36)32(30(37)31(22)38)40-9-8-39(19(2)17-40)10-11-48-21-12-25(41)29-26(42)15-27(49-28(29)13-21)20-6-5-7-35(46,16-20)47-3/h5-7,12-14,18-19,27,41,46H,4,8-11,15-17H2,1-3H3,(H,44,45). The first-order chi connectivity index (χ1) is 23.3. The van der Waals surface area contributed by atoms with Gasteiger partial charge in [-0.1, -0.05) is 12.2 Å². The Balaban J connectivity index is 1.12. The highest BCUT2D eigenvalue weighted by molar-refractivity contribution is 6.03. The highest BCUT2D eigenvalue weighted by atomic mass is 19.1. The fourth-order valence-electron chi connectivity index (χ4n) is 6.78. The summed E-state index contributed by atoms with van der Waals surface area (Å²) >= 11 is 0. The number of carboxylic acids is 1. The van der Waals surface area contributed by atoms with E-state index in [1.807, 2.05) is 6.92 Å². The number of fused-ring (bicyclic) bond motifs is 2. The van der Waals surface area contributed by atoms with Crippen molar-refractivity contribution in [3.05, 3.63) is 81.2 Å². The number of halogens is 2. The predicted octanol–water partition coefficient (Wildman–Crippen LogP) is 3.85. The van der Waals surface area contributed by atoms with Gasteiger partial charge >= 0.3 is 5.97 Å². The number of allylic oxidation sites excluding steroid dienone is 2. The molecule has 12 nitrogen and oxygen atoms in total. The van der Waals surface area contributed by atoms with Crippen LogP contribution in [0.25, 0.3) is 10.9 Å². The van der Waals surface area contributed by atoms with Crippen molar-refractivity contribution in [3.8, 4) is 17.2 Å². The van der Waals surface area contributed by atoms with Crippen LogP contribution in [0.5, 0.6) is 17.2 Å². The Morgan fingerprint density at radius 3 is 2.65 bits per heavy atom. The third-order valence-electron chi connectivity index (χ3n) is 9.39. The van der Waals surface area contributed by atoms with E-state index in [9.17, 15) is 29.7 Å². The van der Waals surface area contributed by atoms with Gasteiger partial charge in [0.1, 0.15) is 52.6 Å². The lowest BCUT2D eigenvalue weighted by molar-refractivity contribution is -0.146. The van der Waals surface area contributed by atoms with E-state index < -0.39 is 40.5 Å². The molecule has 1 aliphatic carbocycles. The van der Waals surface area contributed by atoms with Gasteiger partial charge in [-0.25, -0.2) is 13.6 Å². The van der Waals surface area contributed by atoms with Crippen molar-refractivity contribution in [2.45, 2.75) is 51.2 Å². The number of hydrogen-bond acceptors (Lipinski definition) is 10. The molecule has 0 radical (unpaired) electrons. The maximum atomic E-state index is 15.9. The SMILES string of the molecule is CCn1cc(C(=O)O)c(=O)c2cc(F)c(N3CCN(CCOc4cc(O)c5c(c4)OC(C4=CC=CC(O)(OC)C4)CC5=O)C(C)C3)c(F)c21. The van der Waals surface area contributed by atoms with E-state index in [-0.39, 0.29) is 90.3 Å². The van der Waals surface area contributed by atoms with Crippen LogP contribution in [-0.2, 0) is 11.3 Å². The number of ether oxygens (including phenoxy) is 3. The number of phenols is 1. The highest BCUT2D eigenvalue weighted by Crippen LogP contribution is 2.41. The summed E-state index contributed by atoms with van der Waals surface area (Å²) in [6, 6.07) is 3.66. The van der Waals surface area contributed by atoms with E-state index in [4.69, 9.17) is 14.2 Å². The van der Waals surface area contributed by atoms with Crippen LogP contribution < -0.4 is 19.8 Å². The molecule has 1 saturated heterocycles. The lowest BCUT2D eigenvalue weighted by atomic mass is 9.89. The molecule has 3 aromatic rings. The van der Waals surface area contributed by atoms with Gasteiger partial charge in [0.2, 0.25) is 5.43 Å². The van der Waals surface area contributed by atoms with Crippen LogP contribution in [0.15, 0.2) is 53.0 Å². The summed E-state index contributed by atoms with van der Waals surface area (Å²) in [7, 11) is 1.38. The number of phenolic OH excluding ortho intramolecular Hbond substituents is 1. The first-order valence-corrected chi connectivity index (χ1v) is 16.0. The number of hydrogen-bond donors (Lipinski definition) is 3. The van der Waals surface area contributed by atoms with Gasteiger partial charge in [0.25, 0.3) is 0 Å². The van der Waals surface area contributed by atoms with Crippen LogP contribution in [0.4, 0.5) is 14.5 Å². The molecule has 0 amide bonds. The van der Waals surface area contributed by atoms with Gasteiger partial charge in [0.15, 0.2) is 17.4 Å². The van der Waals surface area contributed by atoms with E-state index in [0.29, 0.717) is 18.7 Å². The van der Waals surface area contributed by atoms with Crippen molar-refractivity contribution >= 4 is 28.3 Å². The van der Waals surface area contributed by atoms with E-state index >= 15 is 8.78 Å². The van der Waals surface area contributed by atoms with E-state index in [0.717, 1.165) is 12.3 Å². The smallest absolute Gasteiger partial charge is 0.341 e. The van der Waals surface area contributed by atoms with Crippen molar-refractivity contribution in [2.75, 3.05) is 44.8 Å². The number of anilines is 1. The number of aryl methyl sites for hydroxylation is 1. The number of aromatic carboxylic acids is 1. The molecule has 6 rings (SSSR count). The molecule has 260 valence electrons. The fourth-order valence-corrected chi connectivity index (χ4v) is 6.78. The van der Waals surface area contributed by atoms with Crippen LogP contribution in [-0.4, -0.2) is 94.4 Å². The zero-order valence-corrected chi connectivity index (χ0v) is 27.2. The Labute approximate surface area is 280 Å². The number of methoxy groups -OCH3 is 1. The largest absolute Gasteiger partial charge is 0.507 e. The van der Waals surface area contributed by atoms with Gasteiger partial charge in [0, 0.05) is 70.6 Å². The first-order valence-electron chi connectivity index (χ1n) is 16.0. The molecule has 1 aromatic heterocycles. The first kappa shape index (κ1) is 34.1. The second-order valence-corrected chi connectivity index (χ2v) is 12.4. The quantitative estimate of drug-likeness (QED) is 0.283. The average Bonchev–Trinajstić information content (AvgIpc) is 3.05. The highest BCUT2D eigenvalue weighted by Gasteiger charge is 2.37. The van der Waals surface area contributed by atoms with Gasteiger partial charge in [0.05, 0.1) is 17.3 Å². The number of piperazine rings is 1. The number of carbonyl (C=O) groups is 2. The van der Waals surface area contributed by atoms with E-state index in [2.05, 4.69) is 4.90 Å². The topological polar surface area (TPSA) is 151 Å². The van der Waals surface area contributed by atoms with E-state index in [1.54, 1.807) is 30.0 Å². The Kier molecular flexibility index (Phi) is 9.22. The van der Waals surface area contributed by atoms with Gasteiger partial charge in [-0.3, -0.25) is 14.5 Å². The maximum absolute atomic E-state index is 15.9. The Bertz CT molecular complexity index is 1960. The zero-order valence-electron chi connectivity index (χ0n) is 27.2. The third kappa shape index (κ3) is 6.38. The van der Waals surface area contributed by atoms with Crippen molar-refractivity contribution < 1.29 is 47.9 Å². The molecule has 1 fully saturated rings. The van der Waals surface area contributed by atoms with Gasteiger partial charge in [-0.2, -0.15) is 0 Å². The van der Waals surface area contributed by atoms with Crippen LogP contribution in [0.2, 0.25) is 0 Å². The number of aliphatic hydroxyl groups is 1. The second kappa shape index (κ2) is 13.3. The van der Waals surface area contributed by atoms with E-state index in [1.165, 1.54) is 23.8 Å². The molecule has 14 heteroatoms. The Morgan fingerprint density at radius 1 is 1.18 bits per heavy atom. The number of pyridine rings is 1. The van der Waals surface area contributed by atoms with Crippen molar-refractivity contribution in [3.63, 3.8) is 0 Å². The minimum Gasteiger partial charge on any atom is -0.507 e. The molecule has 3 unspecified atom stereocenters. The second-order valence-electron chi connectivity index (χ2n) is 12.4. The molecule has 49 heavy (non-hydrogen) atoms. The summed E-state index contributed by atoms with van der Waals surface area (Å²) in [5.74, 6) is -4.96. The summed E-state index contributed by atoms with van der Waals surface area (Å²) < 4.78 is 49.9. The van der Waals surface area contributed by atoms with Gasteiger partial charge in [-0.15, -0.1) is 0 Å². The molecular formula is C35H37F2N3O9. The number of aromatic hydroxyl groups is 1. The Morgan fingerprint density at radius 2 is 1.96 bits per heavy atom. The van der Waals surface area contributed by atoms with Crippen molar-refractivity contribution in [1.82, 2.24) is 9.47 Å². The predicted molar refractivity (Wildman–Crippen MR) is 175 cm³/mol. The number of Topliss-reactive ketones (excluding diaryl/α,β-unsaturated/α-hetero) is 1. The lowest BCUT2D eigenvalue weighted by Gasteiger charge is -2.41. The van der Waals surface area contributed by atoms with Gasteiger partial charge in [-0.05, 0) is 31.6 Å².